The van der Waals surface area contributed by atoms with E-state index in [4.69, 9.17) is 5.11 Å². The van der Waals surface area contributed by atoms with Crippen LogP contribution in [0, 0.1) is 0 Å². The normalized spacial score (nSPS) is 11.5. The molecule has 32 heavy (non-hydrogen) atoms. The average molecular weight is 455 g/mol. The van der Waals surface area contributed by atoms with E-state index in [0.717, 1.165) is 24.0 Å². The molecule has 2 aromatic heterocycles. The van der Waals surface area contributed by atoms with E-state index in [1.807, 2.05) is 24.3 Å². The molecule has 3 rings (SSSR count). The van der Waals surface area contributed by atoms with Crippen molar-refractivity contribution in [3.8, 4) is 11.4 Å². The van der Waals surface area contributed by atoms with Crippen molar-refractivity contribution < 1.29 is 18.3 Å². The van der Waals surface area contributed by atoms with Gasteiger partial charge in [-0.2, -0.15) is 4.31 Å². The number of aromatic nitrogens is 3. The van der Waals surface area contributed by atoms with E-state index in [0.29, 0.717) is 25.2 Å². The first kappa shape index (κ1) is 23.5. The fourth-order valence-corrected chi connectivity index (χ4v) is 4.69. The van der Waals surface area contributed by atoms with Crippen LogP contribution in [0.2, 0.25) is 0 Å². The first-order valence-corrected chi connectivity index (χ1v) is 11.9. The second-order valence-corrected chi connectivity index (χ2v) is 9.29. The predicted molar refractivity (Wildman–Crippen MR) is 120 cm³/mol. The number of carboxylic acids is 1. The quantitative estimate of drug-likeness (QED) is 0.414. The Hall–Kier alpha value is -3.17. The molecule has 168 valence electrons. The van der Waals surface area contributed by atoms with Gasteiger partial charge in [-0.05, 0) is 36.6 Å². The SMILES string of the molecule is O=C(O)CCCCCCN(Cc1ccc(-c2ncccn2)cc1)S(=O)(=O)c1cccnc1. The first-order chi connectivity index (χ1) is 15.5. The second-order valence-electron chi connectivity index (χ2n) is 7.35. The summed E-state index contributed by atoms with van der Waals surface area (Å²) in [6.07, 6.45) is 9.12. The van der Waals surface area contributed by atoms with Gasteiger partial charge in [0.2, 0.25) is 10.0 Å². The van der Waals surface area contributed by atoms with Gasteiger partial charge in [-0.25, -0.2) is 18.4 Å². The molecule has 3 aromatic rings. The molecular weight excluding hydrogens is 428 g/mol. The van der Waals surface area contributed by atoms with E-state index < -0.39 is 16.0 Å². The van der Waals surface area contributed by atoms with Crippen LogP contribution < -0.4 is 0 Å². The summed E-state index contributed by atoms with van der Waals surface area (Å²) in [5.74, 6) is -0.199. The summed E-state index contributed by atoms with van der Waals surface area (Å²) in [5.41, 5.74) is 1.71. The van der Waals surface area contributed by atoms with Crippen molar-refractivity contribution in [3.63, 3.8) is 0 Å². The minimum absolute atomic E-state index is 0.134. The zero-order chi connectivity index (χ0) is 22.8. The predicted octanol–water partition coefficient (Wildman–Crippen LogP) is 3.76. The van der Waals surface area contributed by atoms with Crippen LogP contribution in [0.3, 0.4) is 0 Å². The number of benzene rings is 1. The van der Waals surface area contributed by atoms with Gasteiger partial charge >= 0.3 is 5.97 Å². The molecule has 0 saturated heterocycles. The van der Waals surface area contributed by atoms with Crippen LogP contribution >= 0.6 is 0 Å². The Morgan fingerprint density at radius 1 is 0.906 bits per heavy atom. The van der Waals surface area contributed by atoms with Crippen molar-refractivity contribution in [2.45, 2.75) is 43.5 Å². The molecule has 0 fully saturated rings. The zero-order valence-electron chi connectivity index (χ0n) is 17.7. The minimum atomic E-state index is -3.72. The lowest BCUT2D eigenvalue weighted by Gasteiger charge is -2.22. The number of unbranched alkanes of at least 4 members (excludes halogenated alkanes) is 3. The smallest absolute Gasteiger partial charge is 0.303 e. The highest BCUT2D eigenvalue weighted by atomic mass is 32.2. The summed E-state index contributed by atoms with van der Waals surface area (Å²) < 4.78 is 27.9. The van der Waals surface area contributed by atoms with Gasteiger partial charge < -0.3 is 5.11 Å². The van der Waals surface area contributed by atoms with Gasteiger partial charge in [0.25, 0.3) is 0 Å². The lowest BCUT2D eigenvalue weighted by molar-refractivity contribution is -0.137. The van der Waals surface area contributed by atoms with Crippen molar-refractivity contribution in [2.75, 3.05) is 6.54 Å². The van der Waals surface area contributed by atoms with E-state index in [1.165, 1.54) is 22.8 Å². The highest BCUT2D eigenvalue weighted by molar-refractivity contribution is 7.89. The Morgan fingerprint density at radius 2 is 1.62 bits per heavy atom. The molecule has 0 aliphatic rings. The van der Waals surface area contributed by atoms with Crippen LogP contribution in [0.25, 0.3) is 11.4 Å². The summed E-state index contributed by atoms with van der Waals surface area (Å²) in [5, 5.41) is 8.75. The molecule has 0 aliphatic heterocycles. The van der Waals surface area contributed by atoms with E-state index >= 15 is 0 Å². The number of pyridine rings is 1. The molecule has 9 heteroatoms. The average Bonchev–Trinajstić information content (AvgIpc) is 2.82. The number of carboxylic acid groups (broad SMARTS) is 1. The van der Waals surface area contributed by atoms with Crippen molar-refractivity contribution in [2.24, 2.45) is 0 Å². The van der Waals surface area contributed by atoms with Gasteiger partial charge in [-0.15, -0.1) is 0 Å². The Morgan fingerprint density at radius 3 is 2.28 bits per heavy atom. The second kappa shape index (κ2) is 11.4. The van der Waals surface area contributed by atoms with Gasteiger partial charge in [-0.1, -0.05) is 37.1 Å². The molecule has 0 radical (unpaired) electrons. The molecule has 0 bridgehead atoms. The van der Waals surface area contributed by atoms with Gasteiger partial charge in [0.1, 0.15) is 4.90 Å². The van der Waals surface area contributed by atoms with Gasteiger partial charge in [0.15, 0.2) is 5.82 Å². The molecule has 2 heterocycles. The summed E-state index contributed by atoms with van der Waals surface area (Å²) in [6, 6.07) is 12.4. The molecule has 0 spiro atoms. The monoisotopic (exact) mass is 454 g/mol. The van der Waals surface area contributed by atoms with Crippen LogP contribution in [0.4, 0.5) is 0 Å². The fraction of sp³-hybridized carbons (Fsp3) is 0.304. The highest BCUT2D eigenvalue weighted by Gasteiger charge is 2.24. The van der Waals surface area contributed by atoms with Crippen molar-refractivity contribution >= 4 is 16.0 Å². The number of nitrogens with zero attached hydrogens (tertiary/aromatic N) is 4. The molecule has 0 atom stereocenters. The maximum absolute atomic E-state index is 13.2. The third kappa shape index (κ3) is 6.66. The van der Waals surface area contributed by atoms with Gasteiger partial charge in [0.05, 0.1) is 0 Å². The molecule has 1 N–H and O–H groups in total. The molecular formula is C23H26N4O4S. The van der Waals surface area contributed by atoms with Crippen LogP contribution in [-0.2, 0) is 21.4 Å². The van der Waals surface area contributed by atoms with Crippen molar-refractivity contribution in [3.05, 3.63) is 72.8 Å². The number of sulfonamides is 1. The molecule has 1 aromatic carbocycles. The van der Waals surface area contributed by atoms with Crippen LogP contribution in [0.15, 0.2) is 72.1 Å². The van der Waals surface area contributed by atoms with E-state index in [-0.39, 0.29) is 17.9 Å². The number of aliphatic carboxylic acids is 1. The van der Waals surface area contributed by atoms with Gasteiger partial charge in [-0.3, -0.25) is 9.78 Å². The number of carbonyl (C=O) groups is 1. The number of rotatable bonds is 12. The molecule has 0 unspecified atom stereocenters. The number of hydrogen-bond acceptors (Lipinski definition) is 6. The molecule has 0 amide bonds. The Labute approximate surface area is 188 Å². The topological polar surface area (TPSA) is 113 Å². The van der Waals surface area contributed by atoms with Crippen LogP contribution in [0.1, 0.15) is 37.7 Å². The summed E-state index contributed by atoms with van der Waals surface area (Å²) >= 11 is 0. The summed E-state index contributed by atoms with van der Waals surface area (Å²) in [7, 11) is -3.72. The molecule has 0 saturated carbocycles. The van der Waals surface area contributed by atoms with E-state index in [9.17, 15) is 13.2 Å². The highest BCUT2D eigenvalue weighted by Crippen LogP contribution is 2.21. The summed E-state index contributed by atoms with van der Waals surface area (Å²) in [4.78, 5) is 23.2. The van der Waals surface area contributed by atoms with E-state index in [2.05, 4.69) is 15.0 Å². The zero-order valence-corrected chi connectivity index (χ0v) is 18.5. The lowest BCUT2D eigenvalue weighted by Crippen LogP contribution is -2.31. The van der Waals surface area contributed by atoms with Crippen LogP contribution in [0.5, 0.6) is 0 Å². The molecule has 0 aliphatic carbocycles. The fourth-order valence-electron chi connectivity index (χ4n) is 3.26. The lowest BCUT2D eigenvalue weighted by atomic mass is 10.1. The Kier molecular flexibility index (Phi) is 8.41. The first-order valence-electron chi connectivity index (χ1n) is 10.4. The standard InChI is InChI=1S/C23H26N4O4S/c28-22(29)8-3-1-2-4-16-27(32(30,31)21-7-5-13-24-17-21)18-19-9-11-20(12-10-19)23-25-14-6-15-26-23/h5-7,9-15,17H,1-4,8,16,18H2,(H,28,29). The number of hydrogen-bond donors (Lipinski definition) is 1. The molecule has 8 nitrogen and oxygen atoms in total. The summed E-state index contributed by atoms with van der Waals surface area (Å²) in [6.45, 7) is 0.566. The van der Waals surface area contributed by atoms with Crippen molar-refractivity contribution in [1.82, 2.24) is 19.3 Å². The third-order valence-electron chi connectivity index (χ3n) is 4.96. The van der Waals surface area contributed by atoms with Gasteiger partial charge in [0, 0.05) is 49.9 Å². The van der Waals surface area contributed by atoms with E-state index in [1.54, 1.807) is 24.5 Å². The minimum Gasteiger partial charge on any atom is -0.481 e. The largest absolute Gasteiger partial charge is 0.481 e. The Balaban J connectivity index is 1.71. The Bertz CT molecular complexity index is 1090. The third-order valence-corrected chi connectivity index (χ3v) is 6.79. The maximum Gasteiger partial charge on any atom is 0.303 e. The maximum atomic E-state index is 13.2. The van der Waals surface area contributed by atoms with Crippen molar-refractivity contribution in [1.29, 1.82) is 0 Å². The van der Waals surface area contributed by atoms with Crippen LogP contribution in [-0.4, -0.2) is 45.3 Å².